The monoisotopic (exact) mass is 957 g/mol. The Kier molecular flexibility index (Phi) is 14.4. The van der Waals surface area contributed by atoms with Crippen molar-refractivity contribution in [2.75, 3.05) is 19.8 Å². The van der Waals surface area contributed by atoms with E-state index in [1.54, 1.807) is 13.8 Å². The van der Waals surface area contributed by atoms with Crippen LogP contribution in [0.15, 0.2) is 11.6 Å². The number of ether oxygens (including phenoxy) is 6. The van der Waals surface area contributed by atoms with E-state index < -0.39 is 134 Å². The van der Waals surface area contributed by atoms with Crippen molar-refractivity contribution in [1.82, 2.24) is 0 Å². The predicted octanol–water partition coefficient (Wildman–Crippen LogP) is 0.242. The molecule has 17 unspecified atom stereocenters. The molecular formula is C49H80O18. The van der Waals surface area contributed by atoms with Crippen LogP contribution in [0.4, 0.5) is 0 Å². The summed E-state index contributed by atoms with van der Waals surface area (Å²) in [7, 11) is 0. The zero-order valence-electron chi connectivity index (χ0n) is 40.3. The number of carbonyl (C=O) groups is 1. The minimum Gasteiger partial charge on any atom is -0.432 e. The van der Waals surface area contributed by atoms with Crippen molar-refractivity contribution in [3.8, 4) is 0 Å². The van der Waals surface area contributed by atoms with Gasteiger partial charge in [-0.1, -0.05) is 60.1 Å². The van der Waals surface area contributed by atoms with Crippen molar-refractivity contribution in [2.24, 2.45) is 62.6 Å². The summed E-state index contributed by atoms with van der Waals surface area (Å²) in [5.74, 6) is -0.760. The first-order chi connectivity index (χ1) is 31.4. The van der Waals surface area contributed by atoms with E-state index in [1.807, 2.05) is 6.92 Å². The Hall–Kier alpha value is -1.43. The Morgan fingerprint density at radius 2 is 1.36 bits per heavy atom. The number of aliphatic hydroxyl groups is 11. The van der Waals surface area contributed by atoms with Crippen LogP contribution in [-0.2, 0) is 33.2 Å². The van der Waals surface area contributed by atoms with Gasteiger partial charge in [-0.05, 0) is 104 Å². The van der Waals surface area contributed by atoms with E-state index in [1.165, 1.54) is 5.57 Å². The van der Waals surface area contributed by atoms with Gasteiger partial charge in [-0.15, -0.1) is 0 Å². The molecule has 8 rings (SSSR count). The van der Waals surface area contributed by atoms with Gasteiger partial charge in [0, 0.05) is 11.3 Å². The molecule has 0 aromatic heterocycles. The van der Waals surface area contributed by atoms with Crippen molar-refractivity contribution in [3.05, 3.63) is 11.6 Å². The predicted molar refractivity (Wildman–Crippen MR) is 235 cm³/mol. The third-order valence-corrected chi connectivity index (χ3v) is 20.2. The first kappa shape index (κ1) is 51.9. The van der Waals surface area contributed by atoms with Crippen molar-refractivity contribution in [1.29, 1.82) is 0 Å². The van der Waals surface area contributed by atoms with E-state index in [-0.39, 0.29) is 52.4 Å². The summed E-state index contributed by atoms with van der Waals surface area (Å²) in [6.45, 7) is 15.0. The molecule has 67 heavy (non-hydrogen) atoms. The molecule has 0 radical (unpaired) electrons. The van der Waals surface area contributed by atoms with E-state index in [2.05, 4.69) is 40.7 Å². The summed E-state index contributed by atoms with van der Waals surface area (Å²) >= 11 is 0. The smallest absolute Gasteiger partial charge is 0.315 e. The zero-order valence-corrected chi connectivity index (χ0v) is 40.3. The standard InChI is InChI=1S/C49H80O18/c1-21-11-14-49(16-15-47(7)25(31(49)22(21)2)9-10-30-45(5)17-26(52)40(60)46(6,20-51)29(45)12-13-48(30,47)8)44(61)67-43-37(58)34(55)33(54)28(65-43)19-62-41-38(59)35(56)39(27(18-50)64-41)66-42-36(57)32(53)23(3)24(4)63-42/h9,21-24,26-43,50-60H,10-20H2,1-8H3/t21-,22+,23?,24?,26-,27?,28?,29?,30?,31-,32?,33?,34?,35?,36?,37?,38?,39?,40-,41?,42?,43?,45+,46+,47-,48-,49+/m1/s1. The summed E-state index contributed by atoms with van der Waals surface area (Å²) in [6, 6.07) is 0. The quantitative estimate of drug-likeness (QED) is 0.109. The highest BCUT2D eigenvalue weighted by Gasteiger charge is 2.71. The first-order valence-corrected chi connectivity index (χ1v) is 24.9. The third kappa shape index (κ3) is 7.93. The lowest BCUT2D eigenvalue weighted by Gasteiger charge is -2.71. The second-order valence-corrected chi connectivity index (χ2v) is 23.3. The van der Waals surface area contributed by atoms with Crippen molar-refractivity contribution >= 4 is 5.97 Å². The SMILES string of the molecule is CC1OC(OC2C(CO)OC(OCC3OC(OC(=O)[C@]45CC[C@@H](C)[C@H](C)[C@@H]4C4=CCC6[C@@]7(C)C[C@@H](O)[C@@H](O)[C@@](C)(CO)C7CC[C@@]6(C)[C@]4(C)CC5)C(O)C(O)C3O)C(O)C2O)C(O)C(O)C1C. The van der Waals surface area contributed by atoms with Gasteiger partial charge in [0.1, 0.15) is 54.9 Å². The molecule has 0 aromatic rings. The highest BCUT2D eigenvalue weighted by molar-refractivity contribution is 5.79. The maximum atomic E-state index is 15.0. The molecule has 0 spiro atoms. The van der Waals surface area contributed by atoms with Crippen LogP contribution in [0.3, 0.4) is 0 Å². The Labute approximate surface area is 393 Å². The molecule has 4 saturated carbocycles. The number of rotatable bonds is 9. The highest BCUT2D eigenvalue weighted by atomic mass is 16.8. The minimum absolute atomic E-state index is 0.00484. The normalized spacial score (nSPS) is 56.7. The van der Waals surface area contributed by atoms with Crippen molar-refractivity contribution < 1.29 is 89.4 Å². The fourth-order valence-electron chi connectivity index (χ4n) is 15.3. The van der Waals surface area contributed by atoms with Crippen LogP contribution < -0.4 is 0 Å². The van der Waals surface area contributed by atoms with E-state index in [4.69, 9.17) is 28.4 Å². The number of hydrogen-bond acceptors (Lipinski definition) is 18. The van der Waals surface area contributed by atoms with Crippen LogP contribution in [0.25, 0.3) is 0 Å². The largest absolute Gasteiger partial charge is 0.432 e. The van der Waals surface area contributed by atoms with Gasteiger partial charge in [0.05, 0.1) is 49.7 Å². The van der Waals surface area contributed by atoms with Gasteiger partial charge in [-0.25, -0.2) is 0 Å². The summed E-state index contributed by atoms with van der Waals surface area (Å²) < 4.78 is 35.2. The first-order valence-electron chi connectivity index (χ1n) is 24.9. The second-order valence-electron chi connectivity index (χ2n) is 23.3. The molecule has 3 heterocycles. The van der Waals surface area contributed by atoms with Gasteiger partial charge in [0.2, 0.25) is 6.29 Å². The molecule has 384 valence electrons. The molecule has 0 amide bonds. The number of hydrogen-bond donors (Lipinski definition) is 11. The molecule has 18 heteroatoms. The van der Waals surface area contributed by atoms with Gasteiger partial charge in [-0.2, -0.15) is 0 Å². The van der Waals surface area contributed by atoms with Gasteiger partial charge >= 0.3 is 5.97 Å². The molecule has 8 aliphatic rings. The van der Waals surface area contributed by atoms with Gasteiger partial charge in [0.15, 0.2) is 12.6 Å². The van der Waals surface area contributed by atoms with E-state index in [9.17, 15) is 56.2 Å². The zero-order chi connectivity index (χ0) is 49.1. The Morgan fingerprint density at radius 1 is 0.701 bits per heavy atom. The summed E-state index contributed by atoms with van der Waals surface area (Å²) in [6.07, 6.45) is -15.7. The summed E-state index contributed by atoms with van der Waals surface area (Å²) in [5, 5.41) is 120. The minimum atomic E-state index is -1.84. The molecule has 0 bridgehead atoms. The van der Waals surface area contributed by atoms with Crippen molar-refractivity contribution in [2.45, 2.75) is 205 Å². The third-order valence-electron chi connectivity index (χ3n) is 20.2. The lowest BCUT2D eigenvalue weighted by Crippen LogP contribution is -2.68. The van der Waals surface area contributed by atoms with Crippen LogP contribution in [0.2, 0.25) is 0 Å². The van der Waals surface area contributed by atoms with Crippen molar-refractivity contribution in [3.63, 3.8) is 0 Å². The molecular weight excluding hydrogens is 877 g/mol. The molecule has 3 saturated heterocycles. The van der Waals surface area contributed by atoms with Crippen LogP contribution in [0.1, 0.15) is 107 Å². The molecule has 7 fully saturated rings. The number of esters is 1. The van der Waals surface area contributed by atoms with E-state index in [0.29, 0.717) is 32.1 Å². The van der Waals surface area contributed by atoms with Gasteiger partial charge in [-0.3, -0.25) is 4.79 Å². The average Bonchev–Trinajstić information content (AvgIpc) is 3.29. The molecule has 27 atom stereocenters. The second kappa shape index (κ2) is 18.6. The fraction of sp³-hybridized carbons (Fsp3) is 0.939. The molecule has 18 nitrogen and oxygen atoms in total. The fourth-order valence-corrected chi connectivity index (χ4v) is 15.3. The highest BCUT2D eigenvalue weighted by Crippen LogP contribution is 2.76. The van der Waals surface area contributed by atoms with Crippen LogP contribution in [0.5, 0.6) is 0 Å². The number of aliphatic hydroxyl groups excluding tert-OH is 11. The molecule has 3 aliphatic heterocycles. The van der Waals surface area contributed by atoms with Gasteiger partial charge in [0.25, 0.3) is 0 Å². The maximum absolute atomic E-state index is 15.0. The molecule has 11 N–H and O–H groups in total. The molecule has 0 aromatic carbocycles. The molecule has 5 aliphatic carbocycles. The van der Waals surface area contributed by atoms with E-state index in [0.717, 1.165) is 19.3 Å². The number of allylic oxidation sites excluding steroid dienone is 2. The summed E-state index contributed by atoms with van der Waals surface area (Å²) in [5.41, 5.74) is -1.58. The average molecular weight is 957 g/mol. The van der Waals surface area contributed by atoms with Crippen LogP contribution in [0, 0.1) is 62.6 Å². The maximum Gasteiger partial charge on any atom is 0.315 e. The van der Waals surface area contributed by atoms with Crippen LogP contribution in [-0.4, -0.2) is 180 Å². The Balaban J connectivity index is 0.985. The van der Waals surface area contributed by atoms with E-state index >= 15 is 4.79 Å². The lowest BCUT2D eigenvalue weighted by atomic mass is 9.33. The number of carbonyl (C=O) groups excluding carboxylic acids is 1. The lowest BCUT2D eigenvalue weighted by molar-refractivity contribution is -0.359. The van der Waals surface area contributed by atoms with Gasteiger partial charge < -0.3 is 84.6 Å². The Morgan fingerprint density at radius 3 is 2.03 bits per heavy atom. The Bertz CT molecular complexity index is 1820. The van der Waals surface area contributed by atoms with Crippen LogP contribution >= 0.6 is 0 Å². The number of fused-ring (bicyclic) bond motifs is 7. The summed E-state index contributed by atoms with van der Waals surface area (Å²) in [4.78, 5) is 15.0. The topological polar surface area (TPSA) is 295 Å².